The molecule has 7 nitrogen and oxygen atoms in total. The molecule has 0 saturated carbocycles. The van der Waals surface area contributed by atoms with E-state index >= 15 is 0 Å². The number of hydrogen-bond donors (Lipinski definition) is 1. The van der Waals surface area contributed by atoms with E-state index in [0.717, 1.165) is 0 Å². The van der Waals surface area contributed by atoms with E-state index < -0.39 is 11.9 Å². The number of methoxy groups -OCH3 is 2. The van der Waals surface area contributed by atoms with E-state index in [4.69, 9.17) is 19.3 Å². The lowest BCUT2D eigenvalue weighted by Gasteiger charge is -2.25. The number of para-hydroxylation sites is 2. The summed E-state index contributed by atoms with van der Waals surface area (Å²) in [5.41, 5.74) is 0.563. The van der Waals surface area contributed by atoms with Gasteiger partial charge < -0.3 is 24.2 Å². The number of anilines is 1. The van der Waals surface area contributed by atoms with Gasteiger partial charge in [0.15, 0.2) is 0 Å². The topological polar surface area (TPSA) is 85.3 Å². The fraction of sp³-hybridized carbons (Fsp3) is 0.222. The number of benzene rings is 1. The molecule has 0 atom stereocenters. The number of esters is 2. The number of carbonyl (C=O) groups is 2. The highest BCUT2D eigenvalue weighted by Gasteiger charge is 2.28. The van der Waals surface area contributed by atoms with Crippen LogP contribution in [0.15, 0.2) is 60.0 Å². The molecule has 1 N–H and O–H groups in total. The molecule has 0 aromatic heterocycles. The number of rotatable bonds is 6. The standard InChI is InChI=1S/C18H19NO6/c1-23-17(21)13-7-5-6-10-19(16(13)18(22)24-2)14-8-3-4-9-15(14)25-12-11-20/h3-10,20H,11-12H2,1-2H3. The molecule has 0 saturated heterocycles. The van der Waals surface area contributed by atoms with Gasteiger partial charge in [0.25, 0.3) is 0 Å². The zero-order chi connectivity index (χ0) is 18.2. The summed E-state index contributed by atoms with van der Waals surface area (Å²) >= 11 is 0. The Kier molecular flexibility index (Phi) is 6.36. The van der Waals surface area contributed by atoms with Crippen LogP contribution in [-0.4, -0.2) is 44.5 Å². The van der Waals surface area contributed by atoms with Crippen molar-refractivity contribution in [2.45, 2.75) is 0 Å². The van der Waals surface area contributed by atoms with Crippen LogP contribution in [0.4, 0.5) is 5.69 Å². The highest BCUT2D eigenvalue weighted by molar-refractivity contribution is 6.05. The zero-order valence-corrected chi connectivity index (χ0v) is 14.0. The molecule has 0 radical (unpaired) electrons. The Morgan fingerprint density at radius 1 is 1.08 bits per heavy atom. The maximum Gasteiger partial charge on any atom is 0.355 e. The van der Waals surface area contributed by atoms with Crippen molar-refractivity contribution >= 4 is 17.6 Å². The van der Waals surface area contributed by atoms with Crippen LogP contribution < -0.4 is 9.64 Å². The van der Waals surface area contributed by atoms with Crippen LogP contribution >= 0.6 is 0 Å². The van der Waals surface area contributed by atoms with E-state index in [0.29, 0.717) is 11.4 Å². The molecule has 0 unspecified atom stereocenters. The summed E-state index contributed by atoms with van der Waals surface area (Å²) in [6, 6.07) is 6.95. The summed E-state index contributed by atoms with van der Waals surface area (Å²) in [6.45, 7) is -0.0627. The smallest absolute Gasteiger partial charge is 0.355 e. The third-order valence-corrected chi connectivity index (χ3v) is 3.36. The van der Waals surface area contributed by atoms with E-state index in [9.17, 15) is 9.59 Å². The third kappa shape index (κ3) is 4.07. The summed E-state index contributed by atoms with van der Waals surface area (Å²) in [5.74, 6) is -0.929. The Hall–Kier alpha value is -3.06. The van der Waals surface area contributed by atoms with Gasteiger partial charge in [-0.2, -0.15) is 0 Å². The molecule has 25 heavy (non-hydrogen) atoms. The van der Waals surface area contributed by atoms with Crippen LogP contribution in [0.3, 0.4) is 0 Å². The first-order valence-electron chi connectivity index (χ1n) is 7.51. The van der Waals surface area contributed by atoms with Gasteiger partial charge in [-0.1, -0.05) is 18.2 Å². The summed E-state index contributed by atoms with van der Waals surface area (Å²) in [6.07, 6.45) is 6.37. The predicted molar refractivity (Wildman–Crippen MR) is 90.8 cm³/mol. The van der Waals surface area contributed by atoms with Crippen LogP contribution in [0, 0.1) is 0 Å². The largest absolute Gasteiger partial charge is 0.489 e. The molecule has 1 heterocycles. The maximum absolute atomic E-state index is 12.4. The average molecular weight is 345 g/mol. The van der Waals surface area contributed by atoms with Crippen molar-refractivity contribution < 1.29 is 28.9 Å². The molecule has 0 fully saturated rings. The lowest BCUT2D eigenvalue weighted by molar-refractivity contribution is -0.139. The monoisotopic (exact) mass is 345 g/mol. The number of nitrogens with zero attached hydrogens (tertiary/aromatic N) is 1. The van der Waals surface area contributed by atoms with Gasteiger partial charge >= 0.3 is 11.9 Å². The first-order valence-corrected chi connectivity index (χ1v) is 7.51. The quantitative estimate of drug-likeness (QED) is 0.783. The van der Waals surface area contributed by atoms with Gasteiger partial charge in [-0.15, -0.1) is 0 Å². The first-order chi connectivity index (χ1) is 12.1. The summed E-state index contributed by atoms with van der Waals surface area (Å²) in [7, 11) is 2.47. The van der Waals surface area contributed by atoms with E-state index in [1.165, 1.54) is 25.2 Å². The van der Waals surface area contributed by atoms with Gasteiger partial charge in [0.05, 0.1) is 32.1 Å². The van der Waals surface area contributed by atoms with Gasteiger partial charge in [-0.25, -0.2) is 9.59 Å². The average Bonchev–Trinajstić information content (AvgIpc) is 2.88. The van der Waals surface area contributed by atoms with E-state index in [1.807, 2.05) is 0 Å². The Morgan fingerprint density at radius 3 is 2.48 bits per heavy atom. The van der Waals surface area contributed by atoms with Crippen molar-refractivity contribution in [3.8, 4) is 5.75 Å². The summed E-state index contributed by atoms with van der Waals surface area (Å²) in [5, 5.41) is 8.99. The molecule has 0 aliphatic carbocycles. The Balaban J connectivity index is 2.61. The van der Waals surface area contributed by atoms with Crippen molar-refractivity contribution in [3.63, 3.8) is 0 Å². The second-order valence-corrected chi connectivity index (χ2v) is 4.86. The lowest BCUT2D eigenvalue weighted by atomic mass is 10.1. The van der Waals surface area contributed by atoms with Crippen LogP contribution in [-0.2, 0) is 19.1 Å². The predicted octanol–water partition coefficient (Wildman–Crippen LogP) is 1.55. The maximum atomic E-state index is 12.4. The molecule has 1 aliphatic rings. The van der Waals surface area contributed by atoms with E-state index in [2.05, 4.69) is 0 Å². The van der Waals surface area contributed by atoms with Crippen LogP contribution in [0.1, 0.15) is 0 Å². The normalized spacial score (nSPS) is 13.5. The zero-order valence-electron chi connectivity index (χ0n) is 14.0. The van der Waals surface area contributed by atoms with Crippen molar-refractivity contribution in [3.05, 3.63) is 60.0 Å². The fourth-order valence-corrected chi connectivity index (χ4v) is 2.29. The van der Waals surface area contributed by atoms with Crippen molar-refractivity contribution in [2.75, 3.05) is 32.3 Å². The third-order valence-electron chi connectivity index (χ3n) is 3.36. The fourth-order valence-electron chi connectivity index (χ4n) is 2.29. The van der Waals surface area contributed by atoms with E-state index in [1.54, 1.807) is 42.6 Å². The van der Waals surface area contributed by atoms with Gasteiger partial charge in [0, 0.05) is 6.20 Å². The molecule has 0 bridgehead atoms. The molecule has 7 heteroatoms. The number of hydrogen-bond acceptors (Lipinski definition) is 7. The number of carbonyl (C=O) groups excluding carboxylic acids is 2. The number of allylic oxidation sites excluding steroid dienone is 2. The van der Waals surface area contributed by atoms with Crippen LogP contribution in [0.2, 0.25) is 0 Å². The summed E-state index contributed by atoms with van der Waals surface area (Å²) in [4.78, 5) is 26.0. The highest BCUT2D eigenvalue weighted by atomic mass is 16.5. The van der Waals surface area contributed by atoms with Crippen molar-refractivity contribution in [2.24, 2.45) is 0 Å². The molecular formula is C18H19NO6. The minimum Gasteiger partial charge on any atom is -0.489 e. The molecule has 1 aromatic carbocycles. The highest BCUT2D eigenvalue weighted by Crippen LogP contribution is 2.33. The Labute approximate surface area is 145 Å². The Morgan fingerprint density at radius 2 is 1.80 bits per heavy atom. The molecule has 1 aromatic rings. The molecule has 1 aliphatic heterocycles. The molecule has 132 valence electrons. The molecule has 0 spiro atoms. The molecule has 0 amide bonds. The van der Waals surface area contributed by atoms with E-state index in [-0.39, 0.29) is 24.5 Å². The number of aliphatic hydroxyl groups is 1. The van der Waals surface area contributed by atoms with Gasteiger partial charge in [-0.3, -0.25) is 0 Å². The summed E-state index contributed by atoms with van der Waals surface area (Å²) < 4.78 is 15.2. The minimum atomic E-state index is -0.700. The lowest BCUT2D eigenvalue weighted by Crippen LogP contribution is -2.27. The number of ether oxygens (including phenoxy) is 3. The minimum absolute atomic E-state index is 0.000557. The van der Waals surface area contributed by atoms with Gasteiger partial charge in [0.1, 0.15) is 18.1 Å². The second kappa shape index (κ2) is 8.70. The first kappa shape index (κ1) is 18.3. The second-order valence-electron chi connectivity index (χ2n) is 4.86. The SMILES string of the molecule is COC(=O)C1=C(C(=O)OC)N(c2ccccc2OCCO)C=CC=C1. The van der Waals surface area contributed by atoms with Crippen molar-refractivity contribution in [1.29, 1.82) is 0 Å². The van der Waals surface area contributed by atoms with Crippen molar-refractivity contribution in [1.82, 2.24) is 0 Å². The van der Waals surface area contributed by atoms with Crippen LogP contribution in [0.5, 0.6) is 5.75 Å². The Bertz CT molecular complexity index is 735. The molecular weight excluding hydrogens is 326 g/mol. The number of aliphatic hydroxyl groups excluding tert-OH is 1. The van der Waals surface area contributed by atoms with Gasteiger partial charge in [0.2, 0.25) is 0 Å². The molecule has 2 rings (SSSR count). The van der Waals surface area contributed by atoms with Gasteiger partial charge in [-0.05, 0) is 24.3 Å². The van der Waals surface area contributed by atoms with Crippen LogP contribution in [0.25, 0.3) is 0 Å².